The molecule has 0 spiro atoms. The van der Waals surface area contributed by atoms with Crippen molar-refractivity contribution in [1.82, 2.24) is 15.5 Å². The summed E-state index contributed by atoms with van der Waals surface area (Å²) in [7, 11) is 0. The fourth-order valence-electron chi connectivity index (χ4n) is 3.66. The maximum absolute atomic E-state index is 12.3. The minimum absolute atomic E-state index is 0.0915. The molecule has 1 heterocycles. The van der Waals surface area contributed by atoms with Crippen molar-refractivity contribution in [3.8, 4) is 0 Å². The maximum Gasteiger partial charge on any atom is 0.261 e. The zero-order valence-electron chi connectivity index (χ0n) is 15.3. The molecule has 2 N–H and O–H groups in total. The lowest BCUT2D eigenvalue weighted by Crippen LogP contribution is -2.43. The van der Waals surface area contributed by atoms with E-state index in [0.717, 1.165) is 19.3 Å². The summed E-state index contributed by atoms with van der Waals surface area (Å²) in [6, 6.07) is 7.28. The molecule has 7 heteroatoms. The molecule has 27 heavy (non-hydrogen) atoms. The smallest absolute Gasteiger partial charge is 0.261 e. The van der Waals surface area contributed by atoms with Gasteiger partial charge in [0.2, 0.25) is 5.91 Å². The molecule has 0 atom stereocenters. The first-order chi connectivity index (χ1) is 13.1. The molecule has 1 fully saturated rings. The van der Waals surface area contributed by atoms with Crippen LogP contribution in [0.1, 0.15) is 72.1 Å². The van der Waals surface area contributed by atoms with E-state index in [0.29, 0.717) is 48.1 Å². The van der Waals surface area contributed by atoms with Gasteiger partial charge in [0, 0.05) is 19.0 Å². The zero-order valence-corrected chi connectivity index (χ0v) is 16.1. The van der Waals surface area contributed by atoms with Gasteiger partial charge in [-0.25, -0.2) is 0 Å². The van der Waals surface area contributed by atoms with Crippen LogP contribution in [0.2, 0.25) is 0 Å². The van der Waals surface area contributed by atoms with Gasteiger partial charge in [-0.3, -0.25) is 19.3 Å². The number of benzene rings is 1. The highest BCUT2D eigenvalue weighted by atomic mass is 32.1. The Morgan fingerprint density at radius 3 is 2.30 bits per heavy atom. The third kappa shape index (κ3) is 4.91. The van der Waals surface area contributed by atoms with Crippen molar-refractivity contribution in [3.63, 3.8) is 0 Å². The highest BCUT2D eigenvalue weighted by molar-refractivity contribution is 7.80. The normalized spacial score (nSPS) is 16.5. The van der Waals surface area contributed by atoms with Crippen LogP contribution < -0.4 is 10.6 Å². The summed E-state index contributed by atoms with van der Waals surface area (Å²) in [6.07, 6.45) is 7.16. The molecule has 1 aromatic rings. The van der Waals surface area contributed by atoms with Crippen molar-refractivity contribution < 1.29 is 14.4 Å². The lowest BCUT2D eigenvalue weighted by Gasteiger charge is -2.15. The molecule has 2 aliphatic rings. The van der Waals surface area contributed by atoms with Gasteiger partial charge in [0.25, 0.3) is 11.8 Å². The highest BCUT2D eigenvalue weighted by Crippen LogP contribution is 2.22. The van der Waals surface area contributed by atoms with Crippen LogP contribution in [-0.2, 0) is 4.79 Å². The number of hydrogen-bond donors (Lipinski definition) is 2. The van der Waals surface area contributed by atoms with Gasteiger partial charge in [-0.05, 0) is 50.0 Å². The van der Waals surface area contributed by atoms with E-state index in [2.05, 4.69) is 10.6 Å². The van der Waals surface area contributed by atoms with Gasteiger partial charge < -0.3 is 10.6 Å². The number of nitrogens with one attached hydrogen (secondary N) is 2. The second-order valence-corrected chi connectivity index (χ2v) is 7.53. The molecule has 3 rings (SSSR count). The third-order valence-corrected chi connectivity index (χ3v) is 5.33. The van der Waals surface area contributed by atoms with Crippen LogP contribution in [0.4, 0.5) is 0 Å². The van der Waals surface area contributed by atoms with Gasteiger partial charge in [0.05, 0.1) is 11.1 Å². The number of imide groups is 1. The van der Waals surface area contributed by atoms with Gasteiger partial charge >= 0.3 is 0 Å². The Balaban J connectivity index is 1.31. The first kappa shape index (κ1) is 19.5. The van der Waals surface area contributed by atoms with Crippen LogP contribution in [0.25, 0.3) is 0 Å². The molecule has 0 saturated heterocycles. The van der Waals surface area contributed by atoms with Crippen LogP contribution in [0, 0.1) is 0 Å². The van der Waals surface area contributed by atoms with Gasteiger partial charge in [0.1, 0.15) is 0 Å². The molecule has 3 amide bonds. The summed E-state index contributed by atoms with van der Waals surface area (Å²) in [5.74, 6) is -0.542. The Morgan fingerprint density at radius 2 is 1.67 bits per heavy atom. The van der Waals surface area contributed by atoms with Gasteiger partial charge in [-0.1, -0.05) is 31.4 Å². The van der Waals surface area contributed by atoms with E-state index >= 15 is 0 Å². The first-order valence-corrected chi connectivity index (χ1v) is 10.0. The Bertz CT molecular complexity index is 709. The minimum atomic E-state index is -0.225. The predicted molar refractivity (Wildman–Crippen MR) is 106 cm³/mol. The number of carbonyl (C=O) groups is 3. The first-order valence-electron chi connectivity index (χ1n) is 9.62. The van der Waals surface area contributed by atoms with E-state index in [1.54, 1.807) is 24.3 Å². The molecule has 6 nitrogen and oxygen atoms in total. The standard InChI is InChI=1S/C20H25N3O3S/c24-17(22-20(27)21-14-8-3-4-9-14)12-2-1-7-13-23-18(25)15-10-5-6-11-16(15)19(23)26/h5-6,10-11,14H,1-4,7-9,12-13H2,(H2,21,22,24,27). The molecule has 0 radical (unpaired) electrons. The van der Waals surface area contributed by atoms with Crippen molar-refractivity contribution in [2.45, 2.75) is 57.4 Å². The molecule has 1 aliphatic heterocycles. The van der Waals surface area contributed by atoms with Crippen LogP contribution in [0.3, 0.4) is 0 Å². The third-order valence-electron chi connectivity index (χ3n) is 5.11. The average Bonchev–Trinajstić information content (AvgIpc) is 3.23. The van der Waals surface area contributed by atoms with E-state index in [-0.39, 0.29) is 17.7 Å². The van der Waals surface area contributed by atoms with Crippen LogP contribution in [-0.4, -0.2) is 40.3 Å². The number of amides is 3. The zero-order chi connectivity index (χ0) is 19.2. The number of nitrogens with zero attached hydrogens (tertiary/aromatic N) is 1. The Hall–Kier alpha value is -2.28. The number of hydrogen-bond acceptors (Lipinski definition) is 4. The summed E-state index contributed by atoms with van der Waals surface area (Å²) in [6.45, 7) is 0.385. The molecule has 0 aromatic heterocycles. The minimum Gasteiger partial charge on any atom is -0.360 e. The summed E-state index contributed by atoms with van der Waals surface area (Å²) >= 11 is 5.18. The SMILES string of the molecule is O=C(CCCCCN1C(=O)c2ccccc2C1=O)NC(=S)NC1CCCC1. The quantitative estimate of drug-likeness (QED) is 0.427. The summed E-state index contributed by atoms with van der Waals surface area (Å²) in [4.78, 5) is 37.8. The van der Waals surface area contributed by atoms with Crippen molar-refractivity contribution in [1.29, 1.82) is 0 Å². The number of fused-ring (bicyclic) bond motifs is 1. The van der Waals surface area contributed by atoms with Crippen LogP contribution in [0.5, 0.6) is 0 Å². The fraction of sp³-hybridized carbons (Fsp3) is 0.500. The molecule has 1 saturated carbocycles. The molecular weight excluding hydrogens is 362 g/mol. The number of carbonyl (C=O) groups excluding carboxylic acids is 3. The van der Waals surface area contributed by atoms with Crippen molar-refractivity contribution in [2.75, 3.05) is 6.54 Å². The van der Waals surface area contributed by atoms with E-state index in [4.69, 9.17) is 12.2 Å². The summed E-state index contributed by atoms with van der Waals surface area (Å²) in [5, 5.41) is 6.33. The Labute approximate surface area is 164 Å². The van der Waals surface area contributed by atoms with Crippen molar-refractivity contribution in [2.24, 2.45) is 0 Å². The highest BCUT2D eigenvalue weighted by Gasteiger charge is 2.34. The van der Waals surface area contributed by atoms with Crippen molar-refractivity contribution >= 4 is 35.1 Å². The van der Waals surface area contributed by atoms with Crippen molar-refractivity contribution in [3.05, 3.63) is 35.4 Å². The second-order valence-electron chi connectivity index (χ2n) is 7.12. The van der Waals surface area contributed by atoms with E-state index in [1.165, 1.54) is 17.7 Å². The van der Waals surface area contributed by atoms with Crippen LogP contribution >= 0.6 is 12.2 Å². The molecule has 0 bridgehead atoms. The lowest BCUT2D eigenvalue weighted by molar-refractivity contribution is -0.119. The number of rotatable bonds is 7. The Kier molecular flexibility index (Phi) is 6.55. The number of unbranched alkanes of at least 4 members (excludes halogenated alkanes) is 2. The lowest BCUT2D eigenvalue weighted by atomic mass is 10.1. The molecule has 1 aromatic carbocycles. The fourth-order valence-corrected chi connectivity index (χ4v) is 3.94. The van der Waals surface area contributed by atoms with E-state index < -0.39 is 0 Å². The molecule has 1 aliphatic carbocycles. The topological polar surface area (TPSA) is 78.5 Å². The Morgan fingerprint density at radius 1 is 1.04 bits per heavy atom. The van der Waals surface area contributed by atoms with Gasteiger partial charge in [0.15, 0.2) is 5.11 Å². The molecule has 0 unspecified atom stereocenters. The predicted octanol–water partition coefficient (Wildman–Crippen LogP) is 2.78. The van der Waals surface area contributed by atoms with Gasteiger partial charge in [-0.15, -0.1) is 0 Å². The van der Waals surface area contributed by atoms with Crippen LogP contribution in [0.15, 0.2) is 24.3 Å². The summed E-state index contributed by atoms with van der Waals surface area (Å²) in [5.41, 5.74) is 0.954. The summed E-state index contributed by atoms with van der Waals surface area (Å²) < 4.78 is 0. The molecular formula is C20H25N3O3S. The van der Waals surface area contributed by atoms with E-state index in [1.807, 2.05) is 0 Å². The van der Waals surface area contributed by atoms with E-state index in [9.17, 15) is 14.4 Å². The number of thiocarbonyl (C=S) groups is 1. The maximum atomic E-state index is 12.3. The monoisotopic (exact) mass is 387 g/mol. The second kappa shape index (κ2) is 9.08. The average molecular weight is 388 g/mol. The van der Waals surface area contributed by atoms with Gasteiger partial charge in [-0.2, -0.15) is 0 Å². The molecule has 144 valence electrons. The largest absolute Gasteiger partial charge is 0.360 e.